The van der Waals surface area contributed by atoms with E-state index in [0.29, 0.717) is 17.2 Å². The van der Waals surface area contributed by atoms with Gasteiger partial charge >= 0.3 is 0 Å². The van der Waals surface area contributed by atoms with Crippen LogP contribution in [0, 0.1) is 0 Å². The maximum Gasteiger partial charge on any atom is 0.264 e. The number of carbonyl (C=O) groups excluding carboxylic acids is 1. The first kappa shape index (κ1) is 21.5. The van der Waals surface area contributed by atoms with Crippen LogP contribution in [0.3, 0.4) is 0 Å². The van der Waals surface area contributed by atoms with Crippen molar-refractivity contribution in [2.24, 2.45) is 0 Å². The van der Waals surface area contributed by atoms with Gasteiger partial charge < -0.3 is 9.64 Å². The van der Waals surface area contributed by atoms with Gasteiger partial charge in [0.25, 0.3) is 15.9 Å². The lowest BCUT2D eigenvalue weighted by Crippen LogP contribution is -2.28. The van der Waals surface area contributed by atoms with Gasteiger partial charge in [0.15, 0.2) is 0 Å². The Bertz CT molecular complexity index is 1120. The summed E-state index contributed by atoms with van der Waals surface area (Å²) in [5.41, 5.74) is 0.885. The van der Waals surface area contributed by atoms with E-state index in [1.54, 1.807) is 37.4 Å². The van der Waals surface area contributed by atoms with E-state index in [1.165, 1.54) is 37.3 Å². The molecule has 1 amide bonds. The zero-order valence-electron chi connectivity index (χ0n) is 16.8. The minimum atomic E-state index is -3.85. The number of anilines is 1. The van der Waals surface area contributed by atoms with Crippen LogP contribution in [0.1, 0.15) is 10.4 Å². The minimum Gasteiger partial charge on any atom is -0.457 e. The summed E-state index contributed by atoms with van der Waals surface area (Å²) in [5, 5.41) is 0. The van der Waals surface area contributed by atoms with Gasteiger partial charge in [0, 0.05) is 25.3 Å². The monoisotopic (exact) mass is 426 g/mol. The van der Waals surface area contributed by atoms with Gasteiger partial charge in [0.05, 0.1) is 12.0 Å². The smallest absolute Gasteiger partial charge is 0.264 e. The molecule has 3 rings (SSSR count). The molecule has 0 saturated carbocycles. The van der Waals surface area contributed by atoms with Gasteiger partial charge in [0.2, 0.25) is 0 Å². The molecular weight excluding hydrogens is 404 g/mol. The van der Waals surface area contributed by atoms with Gasteiger partial charge in [-0.1, -0.05) is 28.7 Å². The molecule has 0 bridgehead atoms. The van der Waals surface area contributed by atoms with Crippen molar-refractivity contribution in [2.45, 2.75) is 4.90 Å². The molecule has 0 heterocycles. The number of rotatable bonds is 7. The first-order valence-corrected chi connectivity index (χ1v) is 10.5. The lowest BCUT2D eigenvalue weighted by molar-refractivity contribution is -0.0258. The Kier molecular flexibility index (Phi) is 6.51. The summed E-state index contributed by atoms with van der Waals surface area (Å²) in [5.74, 6) is 1.01. The highest BCUT2D eigenvalue weighted by Crippen LogP contribution is 2.25. The normalized spacial score (nSPS) is 11.3. The maximum absolute atomic E-state index is 12.9. The van der Waals surface area contributed by atoms with E-state index >= 15 is 0 Å². The molecular formula is C22H22N2O5S. The Labute approximate surface area is 176 Å². The van der Waals surface area contributed by atoms with E-state index in [-0.39, 0.29) is 16.4 Å². The zero-order chi connectivity index (χ0) is 21.7. The van der Waals surface area contributed by atoms with Crippen LogP contribution in [0.25, 0.3) is 0 Å². The molecule has 0 aliphatic rings. The summed E-state index contributed by atoms with van der Waals surface area (Å²) < 4.78 is 31.4. The third kappa shape index (κ3) is 4.68. The molecule has 8 heteroatoms. The number of hydrogen-bond acceptors (Lipinski definition) is 5. The highest BCUT2D eigenvalue weighted by atomic mass is 32.2. The number of ether oxygens (including phenoxy) is 1. The average Bonchev–Trinajstić information content (AvgIpc) is 2.78. The van der Waals surface area contributed by atoms with Crippen LogP contribution >= 0.6 is 0 Å². The number of carbonyl (C=O) groups is 1. The van der Waals surface area contributed by atoms with Crippen LogP contribution in [-0.4, -0.2) is 40.0 Å². The molecule has 0 aliphatic heterocycles. The van der Waals surface area contributed by atoms with Gasteiger partial charge in [0.1, 0.15) is 11.5 Å². The second-order valence-electron chi connectivity index (χ2n) is 6.40. The summed E-state index contributed by atoms with van der Waals surface area (Å²) in [6.07, 6.45) is 0. The summed E-state index contributed by atoms with van der Waals surface area (Å²) in [6, 6.07) is 22.3. The van der Waals surface area contributed by atoms with Crippen LogP contribution in [0.5, 0.6) is 11.5 Å². The third-order valence-electron chi connectivity index (χ3n) is 4.48. The van der Waals surface area contributed by atoms with Crippen LogP contribution in [-0.2, 0) is 14.9 Å². The lowest BCUT2D eigenvalue weighted by Gasteiger charge is -2.19. The van der Waals surface area contributed by atoms with Crippen molar-refractivity contribution in [3.63, 3.8) is 0 Å². The second-order valence-corrected chi connectivity index (χ2v) is 8.33. The number of hydrogen-bond donors (Lipinski definition) is 0. The molecule has 30 heavy (non-hydrogen) atoms. The standard InChI is InChI=1S/C22H22N2O5S/c1-23(18-12-14-20(15-13-18)29-19-9-5-4-6-10-19)22(25)17-8-7-11-21(16-17)30(26,27)24(2)28-3/h4-16H,1-3H3. The van der Waals surface area contributed by atoms with E-state index in [4.69, 9.17) is 9.57 Å². The molecule has 0 fully saturated rings. The fraction of sp³-hybridized carbons (Fsp3) is 0.136. The van der Waals surface area contributed by atoms with Crippen LogP contribution < -0.4 is 9.64 Å². The van der Waals surface area contributed by atoms with Crippen molar-refractivity contribution in [3.05, 3.63) is 84.4 Å². The fourth-order valence-corrected chi connectivity index (χ4v) is 3.73. The van der Waals surface area contributed by atoms with Gasteiger partial charge in [-0.25, -0.2) is 8.42 Å². The Morgan fingerprint density at radius 1 is 0.833 bits per heavy atom. The lowest BCUT2D eigenvalue weighted by atomic mass is 10.2. The molecule has 0 saturated heterocycles. The predicted molar refractivity (Wildman–Crippen MR) is 114 cm³/mol. The molecule has 3 aromatic carbocycles. The van der Waals surface area contributed by atoms with Crippen molar-refractivity contribution < 1.29 is 22.8 Å². The van der Waals surface area contributed by atoms with Gasteiger partial charge in [-0.2, -0.15) is 0 Å². The maximum atomic E-state index is 12.9. The summed E-state index contributed by atoms with van der Waals surface area (Å²) in [7, 11) is 0.318. The molecule has 0 aromatic heterocycles. The van der Waals surface area contributed by atoms with Crippen LogP contribution in [0.2, 0.25) is 0 Å². The largest absolute Gasteiger partial charge is 0.457 e. The van der Waals surface area contributed by atoms with Crippen molar-refractivity contribution in [1.82, 2.24) is 4.47 Å². The van der Waals surface area contributed by atoms with Crippen LogP contribution in [0.15, 0.2) is 83.8 Å². The summed E-state index contributed by atoms with van der Waals surface area (Å²) in [4.78, 5) is 19.1. The van der Waals surface area contributed by atoms with Crippen molar-refractivity contribution in [1.29, 1.82) is 0 Å². The molecule has 0 unspecified atom stereocenters. The number of amides is 1. The molecule has 7 nitrogen and oxygen atoms in total. The summed E-state index contributed by atoms with van der Waals surface area (Å²) >= 11 is 0. The fourth-order valence-electron chi connectivity index (χ4n) is 2.71. The van der Waals surface area contributed by atoms with Crippen molar-refractivity contribution in [3.8, 4) is 11.5 Å². The highest BCUT2D eigenvalue weighted by Gasteiger charge is 2.23. The Hall–Kier alpha value is -3.20. The minimum absolute atomic E-state index is 0.0299. The topological polar surface area (TPSA) is 76.2 Å². The second kappa shape index (κ2) is 9.08. The molecule has 0 spiro atoms. The molecule has 0 atom stereocenters. The molecule has 0 radical (unpaired) electrons. The number of para-hydroxylation sites is 1. The van der Waals surface area contributed by atoms with Crippen molar-refractivity contribution in [2.75, 3.05) is 26.1 Å². The molecule has 0 aliphatic carbocycles. The van der Waals surface area contributed by atoms with Gasteiger partial charge in [-0.3, -0.25) is 9.63 Å². The van der Waals surface area contributed by atoms with Crippen molar-refractivity contribution >= 4 is 21.6 Å². The van der Waals surface area contributed by atoms with Crippen LogP contribution in [0.4, 0.5) is 5.69 Å². The van der Waals surface area contributed by atoms with E-state index < -0.39 is 10.0 Å². The number of nitrogens with zero attached hydrogens (tertiary/aromatic N) is 2. The van der Waals surface area contributed by atoms with E-state index in [2.05, 4.69) is 0 Å². The Morgan fingerprint density at radius 2 is 1.47 bits per heavy atom. The molecule has 156 valence electrons. The zero-order valence-corrected chi connectivity index (χ0v) is 17.7. The number of hydroxylamine groups is 1. The first-order chi connectivity index (χ1) is 14.3. The van der Waals surface area contributed by atoms with Gasteiger partial charge in [-0.15, -0.1) is 0 Å². The SMILES string of the molecule is CON(C)S(=O)(=O)c1cccc(C(=O)N(C)c2ccc(Oc3ccccc3)cc2)c1. The predicted octanol–water partition coefficient (Wildman–Crippen LogP) is 3.94. The summed E-state index contributed by atoms with van der Waals surface area (Å²) in [6.45, 7) is 0. The number of benzene rings is 3. The van der Waals surface area contributed by atoms with E-state index in [9.17, 15) is 13.2 Å². The van der Waals surface area contributed by atoms with E-state index in [0.717, 1.165) is 4.47 Å². The quantitative estimate of drug-likeness (QED) is 0.535. The average molecular weight is 426 g/mol. The number of sulfonamides is 1. The molecule has 0 N–H and O–H groups in total. The van der Waals surface area contributed by atoms with E-state index in [1.807, 2.05) is 30.3 Å². The van der Waals surface area contributed by atoms with Gasteiger partial charge in [-0.05, 0) is 54.6 Å². The first-order valence-electron chi connectivity index (χ1n) is 9.07. The Morgan fingerprint density at radius 3 is 2.10 bits per heavy atom. The highest BCUT2D eigenvalue weighted by molar-refractivity contribution is 7.89. The molecule has 3 aromatic rings. The third-order valence-corrected chi connectivity index (χ3v) is 6.16. The Balaban J connectivity index is 1.78.